The van der Waals surface area contributed by atoms with Gasteiger partial charge in [0.05, 0.1) is 11.7 Å². The van der Waals surface area contributed by atoms with Gasteiger partial charge in [0.1, 0.15) is 6.10 Å². The molecule has 1 unspecified atom stereocenters. The molecule has 160 valence electrons. The van der Waals surface area contributed by atoms with Crippen LogP contribution in [-0.4, -0.2) is 43.8 Å². The minimum absolute atomic E-state index is 0.0803. The fourth-order valence-electron chi connectivity index (χ4n) is 4.00. The molecule has 0 aliphatic carbocycles. The summed E-state index contributed by atoms with van der Waals surface area (Å²) < 4.78 is 7.92. The fourth-order valence-corrected chi connectivity index (χ4v) is 4.00. The maximum absolute atomic E-state index is 6.15. The van der Waals surface area contributed by atoms with Crippen molar-refractivity contribution in [1.82, 2.24) is 29.9 Å². The molecule has 0 saturated carbocycles. The average Bonchev–Trinajstić information content (AvgIpc) is 3.22. The van der Waals surface area contributed by atoms with Gasteiger partial charge in [-0.3, -0.25) is 4.98 Å². The average molecular weight is 418 g/mol. The van der Waals surface area contributed by atoms with Crippen LogP contribution in [0.15, 0.2) is 42.7 Å². The van der Waals surface area contributed by atoms with Gasteiger partial charge < -0.3 is 15.4 Å². The number of benzene rings is 1. The van der Waals surface area contributed by atoms with Crippen molar-refractivity contribution in [3.8, 4) is 6.01 Å². The molecule has 0 radical (unpaired) electrons. The lowest BCUT2D eigenvalue weighted by Crippen LogP contribution is -2.37. The lowest BCUT2D eigenvalue weighted by atomic mass is 10.1. The Bertz CT molecular complexity index is 1190. The first-order valence-electron chi connectivity index (χ1n) is 10.9. The van der Waals surface area contributed by atoms with Gasteiger partial charge in [-0.15, -0.1) is 0 Å². The number of ether oxygens (including phenoxy) is 1. The standard InChI is InChI=1S/C23H27N7O/c1-15(2)19-14-27-30-21(19)28-23(31-18-9-5-10-24-13-18)29-22(30)26-12-17-7-3-6-16-8-4-11-25-20(16)17/h3-4,6-8,11,14-15,18,24H,5,9-10,12-13H2,1-2H3,(H,26,28,29). The number of hydrogen-bond donors (Lipinski definition) is 2. The predicted molar refractivity (Wildman–Crippen MR) is 120 cm³/mol. The van der Waals surface area contributed by atoms with Gasteiger partial charge in [-0.25, -0.2) is 0 Å². The summed E-state index contributed by atoms with van der Waals surface area (Å²) in [5.74, 6) is 0.912. The molecule has 1 fully saturated rings. The van der Waals surface area contributed by atoms with Crippen molar-refractivity contribution in [3.63, 3.8) is 0 Å². The van der Waals surface area contributed by atoms with E-state index in [9.17, 15) is 0 Å². The summed E-state index contributed by atoms with van der Waals surface area (Å²) in [6.45, 7) is 6.70. The van der Waals surface area contributed by atoms with Gasteiger partial charge in [0, 0.05) is 30.2 Å². The quantitative estimate of drug-likeness (QED) is 0.496. The first kappa shape index (κ1) is 19.7. The third kappa shape index (κ3) is 4.03. The molecule has 0 bridgehead atoms. The molecule has 2 N–H and O–H groups in total. The number of rotatable bonds is 6. The van der Waals surface area contributed by atoms with Crippen LogP contribution < -0.4 is 15.4 Å². The van der Waals surface area contributed by atoms with Crippen molar-refractivity contribution in [2.45, 2.75) is 45.3 Å². The zero-order chi connectivity index (χ0) is 21.2. The maximum atomic E-state index is 6.15. The van der Waals surface area contributed by atoms with E-state index in [1.165, 1.54) is 0 Å². The molecule has 0 spiro atoms. The first-order valence-corrected chi connectivity index (χ1v) is 10.9. The molecule has 4 aromatic rings. The molecule has 31 heavy (non-hydrogen) atoms. The van der Waals surface area contributed by atoms with Gasteiger partial charge in [-0.05, 0) is 36.9 Å². The second kappa shape index (κ2) is 8.47. The molecular formula is C23H27N7O. The van der Waals surface area contributed by atoms with Gasteiger partial charge in [0.25, 0.3) is 0 Å². The topological polar surface area (TPSA) is 89.3 Å². The molecule has 1 aromatic carbocycles. The Morgan fingerprint density at radius 1 is 1.23 bits per heavy atom. The van der Waals surface area contributed by atoms with Gasteiger partial charge in [0.15, 0.2) is 5.65 Å². The number of para-hydroxylation sites is 1. The van der Waals surface area contributed by atoms with Crippen molar-refractivity contribution in [2.24, 2.45) is 0 Å². The number of piperidine rings is 1. The maximum Gasteiger partial charge on any atom is 0.322 e. The van der Waals surface area contributed by atoms with E-state index < -0.39 is 0 Å². The molecule has 1 atom stereocenters. The lowest BCUT2D eigenvalue weighted by molar-refractivity contribution is 0.153. The van der Waals surface area contributed by atoms with Crippen LogP contribution in [0.1, 0.15) is 43.7 Å². The van der Waals surface area contributed by atoms with E-state index in [4.69, 9.17) is 9.72 Å². The lowest BCUT2D eigenvalue weighted by Gasteiger charge is -2.23. The van der Waals surface area contributed by atoms with E-state index in [1.54, 1.807) is 4.52 Å². The van der Waals surface area contributed by atoms with Gasteiger partial charge in [-0.2, -0.15) is 19.6 Å². The van der Waals surface area contributed by atoms with Crippen molar-refractivity contribution in [2.75, 3.05) is 18.4 Å². The summed E-state index contributed by atoms with van der Waals surface area (Å²) in [7, 11) is 0. The van der Waals surface area contributed by atoms with E-state index in [0.29, 0.717) is 24.4 Å². The van der Waals surface area contributed by atoms with E-state index in [2.05, 4.69) is 57.7 Å². The van der Waals surface area contributed by atoms with Gasteiger partial charge in [-0.1, -0.05) is 38.1 Å². The number of pyridine rings is 1. The summed E-state index contributed by atoms with van der Waals surface area (Å²) in [5, 5.41) is 12.5. The van der Waals surface area contributed by atoms with Crippen LogP contribution in [0.4, 0.5) is 5.95 Å². The van der Waals surface area contributed by atoms with E-state index in [-0.39, 0.29) is 6.10 Å². The van der Waals surface area contributed by atoms with Crippen molar-refractivity contribution in [1.29, 1.82) is 0 Å². The predicted octanol–water partition coefficient (Wildman–Crippen LogP) is 3.54. The Balaban J connectivity index is 1.48. The molecule has 1 aliphatic heterocycles. The largest absolute Gasteiger partial charge is 0.459 e. The highest BCUT2D eigenvalue weighted by atomic mass is 16.5. The number of nitrogens with zero attached hydrogens (tertiary/aromatic N) is 5. The third-order valence-corrected chi connectivity index (χ3v) is 5.67. The monoisotopic (exact) mass is 417 g/mol. The second-order valence-electron chi connectivity index (χ2n) is 8.25. The highest BCUT2D eigenvalue weighted by Gasteiger charge is 2.20. The van der Waals surface area contributed by atoms with Crippen LogP contribution >= 0.6 is 0 Å². The molecule has 5 rings (SSSR count). The van der Waals surface area contributed by atoms with Crippen molar-refractivity contribution in [3.05, 3.63) is 53.9 Å². The Labute approximate surface area is 181 Å². The summed E-state index contributed by atoms with van der Waals surface area (Å²) in [4.78, 5) is 13.9. The van der Waals surface area contributed by atoms with Crippen LogP contribution in [0.2, 0.25) is 0 Å². The van der Waals surface area contributed by atoms with E-state index >= 15 is 0 Å². The van der Waals surface area contributed by atoms with Crippen LogP contribution in [-0.2, 0) is 6.54 Å². The van der Waals surface area contributed by atoms with Crippen LogP contribution in [0, 0.1) is 0 Å². The van der Waals surface area contributed by atoms with E-state index in [0.717, 1.165) is 53.6 Å². The van der Waals surface area contributed by atoms with Crippen molar-refractivity contribution < 1.29 is 4.74 Å². The minimum Gasteiger partial charge on any atom is -0.459 e. The van der Waals surface area contributed by atoms with Gasteiger partial charge >= 0.3 is 6.01 Å². The van der Waals surface area contributed by atoms with Crippen molar-refractivity contribution >= 4 is 22.5 Å². The summed E-state index contributed by atoms with van der Waals surface area (Å²) in [5.41, 5.74) is 3.93. The number of hydrogen-bond acceptors (Lipinski definition) is 7. The Morgan fingerprint density at radius 3 is 2.97 bits per heavy atom. The molecule has 0 amide bonds. The normalized spacial score (nSPS) is 16.8. The molecular weight excluding hydrogens is 390 g/mol. The molecule has 8 nitrogen and oxygen atoms in total. The molecule has 4 heterocycles. The zero-order valence-corrected chi connectivity index (χ0v) is 17.9. The number of nitrogens with one attached hydrogen (secondary N) is 2. The van der Waals surface area contributed by atoms with E-state index in [1.807, 2.05) is 24.5 Å². The Hall–Kier alpha value is -3.26. The highest BCUT2D eigenvalue weighted by molar-refractivity contribution is 5.81. The minimum atomic E-state index is 0.0803. The van der Waals surface area contributed by atoms with Gasteiger partial charge in [0.2, 0.25) is 5.95 Å². The molecule has 8 heteroatoms. The molecule has 1 aliphatic rings. The summed E-state index contributed by atoms with van der Waals surface area (Å²) >= 11 is 0. The summed E-state index contributed by atoms with van der Waals surface area (Å²) in [6, 6.07) is 10.6. The van der Waals surface area contributed by atoms with Crippen LogP contribution in [0.25, 0.3) is 16.6 Å². The second-order valence-corrected chi connectivity index (χ2v) is 8.25. The smallest absolute Gasteiger partial charge is 0.322 e. The highest BCUT2D eigenvalue weighted by Crippen LogP contribution is 2.24. The first-order chi connectivity index (χ1) is 15.2. The fraction of sp³-hybridized carbons (Fsp3) is 0.391. The number of aromatic nitrogens is 5. The SMILES string of the molecule is CC(C)c1cnn2c(NCc3cccc4cccnc34)nc(OC3CCCNC3)nc12. The Morgan fingerprint density at radius 2 is 2.13 bits per heavy atom. The Kier molecular flexibility index (Phi) is 5.38. The summed E-state index contributed by atoms with van der Waals surface area (Å²) in [6.07, 6.45) is 5.86. The number of fused-ring (bicyclic) bond motifs is 2. The molecule has 3 aromatic heterocycles. The third-order valence-electron chi connectivity index (χ3n) is 5.67. The van der Waals surface area contributed by atoms with Crippen LogP contribution in [0.5, 0.6) is 6.01 Å². The zero-order valence-electron chi connectivity index (χ0n) is 17.9. The number of anilines is 1. The van der Waals surface area contributed by atoms with Crippen LogP contribution in [0.3, 0.4) is 0 Å². The molecule has 1 saturated heterocycles.